The Morgan fingerprint density at radius 2 is 0.595 bits per heavy atom. The SMILES string of the molecule is CC#Cc1cccc(-c2csc(C3(C)CC4(CC(F)(F)C4)SC(N)=N3)c2)c1.CC#Cc1cccc(-c2csc(C3(C)CC4(CCC(F)(F)CC4)SC(N)=N3)c2)c1.CC#Cc1cccc(-c2csc(C3(C)N=C(N)SC4(CC(F)(F)C4)C3(F)F)c2)c1.CC#Cc1cccc(-c2csc(C3(C)N=C(N)SC4(CCC(F)(F)CC4)C3(F)F)c2)c1. The fourth-order valence-corrected chi connectivity index (χ4v) is 26.9. The zero-order valence-electron chi connectivity index (χ0n) is 64.7. The predicted octanol–water partition coefficient (Wildman–Crippen LogP) is 24.5. The Morgan fingerprint density at radius 3 is 0.940 bits per heavy atom. The molecule has 8 aliphatic rings. The molecule has 116 heavy (non-hydrogen) atoms. The van der Waals surface area contributed by atoms with E-state index in [1.807, 2.05) is 98.9 Å². The molecule has 4 aliphatic heterocycles. The average Bonchev–Trinajstić information content (AvgIpc) is 1.27. The number of nitrogens with two attached hydrogens (primary N) is 4. The van der Waals surface area contributed by atoms with Gasteiger partial charge < -0.3 is 22.9 Å². The summed E-state index contributed by atoms with van der Waals surface area (Å²) in [7, 11) is 0. The number of nitrogens with zero attached hydrogens (tertiary/aromatic N) is 4. The Bertz CT molecular complexity index is 5460. The molecule has 0 saturated heterocycles. The number of alkyl halides is 12. The fourth-order valence-electron chi connectivity index (χ4n) is 16.8. The van der Waals surface area contributed by atoms with Crippen LogP contribution in [0.5, 0.6) is 0 Å². The van der Waals surface area contributed by atoms with Gasteiger partial charge in [-0.3, -0.25) is 9.98 Å². The number of rotatable bonds is 8. The highest BCUT2D eigenvalue weighted by Gasteiger charge is 2.77. The van der Waals surface area contributed by atoms with Crippen molar-refractivity contribution in [2.24, 2.45) is 42.9 Å². The third-order valence-electron chi connectivity index (χ3n) is 22.5. The van der Waals surface area contributed by atoms with Crippen LogP contribution in [-0.4, -0.2) is 75.2 Å². The second-order valence-corrected chi connectivity index (χ2v) is 40.9. The smallest absolute Gasteiger partial charge is 0.292 e. The highest BCUT2D eigenvalue weighted by atomic mass is 32.2. The summed E-state index contributed by atoms with van der Waals surface area (Å²) in [5.74, 6) is 5.70. The lowest BCUT2D eigenvalue weighted by molar-refractivity contribution is -0.199. The standard InChI is InChI=1S/C23H22F4N2S2.C23H24F2N2S2.C21H18F4N2S2.C21H20F2N2S2/c1-3-5-15-6-4-7-16(12-15)17-13-18(30-14-17)20(2)23(26,27)21(31-19(28)29-20)8-10-22(24,25)11-9-21;1-3-5-16-6-4-7-17(12-16)18-13-19(28-14-18)21(2)15-22(29-20(26)27-21)8-10-23(24,25)11-9-22;1-3-5-13-6-4-7-14(8-13)15-9-16(28-10-15)18(2)21(24,25)19(29-17(26)27-18)11-20(22,23)12-19;1-3-5-14-6-4-7-15(8-14)16-9-17(26-10-16)19(2)11-20(27-18(24)25-19)12-21(22,23)13-20/h4,6-7,12-14H,8-11H2,1-2H3,(H2,28,29);4,6-7,12-14H,8-11,15H2,1-2H3,(H2,26,27);4,6-10H,11-12H2,1-2H3,(H2,26,27);4,6-10H,11-13H2,1-2H3,(H2,24,25). The summed E-state index contributed by atoms with van der Waals surface area (Å²) >= 11 is 9.75. The average molecular weight is 1740 g/mol. The van der Waals surface area contributed by atoms with Crippen molar-refractivity contribution in [1.82, 2.24) is 0 Å². The molecule has 4 atom stereocenters. The van der Waals surface area contributed by atoms with E-state index in [-0.39, 0.29) is 53.6 Å². The molecule has 4 spiro atoms. The number of thiophene rings is 4. The Balaban J connectivity index is 0.000000135. The molecule has 8 heterocycles. The lowest BCUT2D eigenvalue weighted by atomic mass is 9.69. The maximum atomic E-state index is 16.0. The lowest BCUT2D eigenvalue weighted by Gasteiger charge is -2.56. The largest absolute Gasteiger partial charge is 0.378 e. The molecule has 4 unspecified atom stereocenters. The van der Waals surface area contributed by atoms with Crippen LogP contribution in [0.2, 0.25) is 0 Å². The van der Waals surface area contributed by atoms with Gasteiger partial charge >= 0.3 is 0 Å². The third-order valence-corrected chi connectivity index (χ3v) is 32.2. The molecule has 4 aliphatic carbocycles. The van der Waals surface area contributed by atoms with Crippen LogP contribution in [0.4, 0.5) is 52.7 Å². The highest BCUT2D eigenvalue weighted by Crippen LogP contribution is 2.69. The van der Waals surface area contributed by atoms with Crippen LogP contribution in [0.25, 0.3) is 44.5 Å². The summed E-state index contributed by atoms with van der Waals surface area (Å²) in [4.78, 5) is 20.5. The molecule has 4 aromatic carbocycles. The molecule has 8 nitrogen and oxygen atoms in total. The molecule has 8 aromatic rings. The summed E-state index contributed by atoms with van der Waals surface area (Å²) < 4.78 is 168. The highest BCUT2D eigenvalue weighted by molar-refractivity contribution is 8.16. The molecule has 0 amide bonds. The predicted molar refractivity (Wildman–Crippen MR) is 461 cm³/mol. The molecule has 4 aromatic heterocycles. The number of hydrogen-bond acceptors (Lipinski definition) is 16. The van der Waals surface area contributed by atoms with Gasteiger partial charge in [0.05, 0.1) is 15.8 Å². The van der Waals surface area contributed by atoms with Gasteiger partial charge in [-0.05, 0) is 233 Å². The number of benzene rings is 4. The lowest BCUT2D eigenvalue weighted by Crippen LogP contribution is -2.68. The number of amidine groups is 4. The second kappa shape index (κ2) is 32.2. The zero-order valence-corrected chi connectivity index (χ0v) is 71.2. The van der Waals surface area contributed by atoms with E-state index >= 15 is 17.6 Å². The van der Waals surface area contributed by atoms with E-state index in [0.717, 1.165) is 106 Å². The molecule has 608 valence electrons. The molecule has 0 radical (unpaired) electrons. The maximum Gasteiger partial charge on any atom is 0.292 e. The summed E-state index contributed by atoms with van der Waals surface area (Å²) in [6.45, 7) is 13.9. The van der Waals surface area contributed by atoms with Gasteiger partial charge in [0.25, 0.3) is 23.7 Å². The first kappa shape index (κ1) is 86.2. The van der Waals surface area contributed by atoms with Gasteiger partial charge in [0.15, 0.2) is 31.7 Å². The van der Waals surface area contributed by atoms with Crippen molar-refractivity contribution in [2.45, 2.75) is 222 Å². The first-order valence-electron chi connectivity index (χ1n) is 37.4. The van der Waals surface area contributed by atoms with Gasteiger partial charge in [0.2, 0.25) is 11.8 Å². The van der Waals surface area contributed by atoms with E-state index in [0.29, 0.717) is 51.1 Å². The Morgan fingerprint density at radius 1 is 0.302 bits per heavy atom. The van der Waals surface area contributed by atoms with Crippen LogP contribution in [0, 0.1) is 47.4 Å². The fraction of sp³-hybridized carbons (Fsp3) is 0.409. The van der Waals surface area contributed by atoms with Crippen LogP contribution in [0.1, 0.15) is 187 Å². The number of thioether (sulfide) groups is 4. The van der Waals surface area contributed by atoms with Crippen molar-refractivity contribution in [2.75, 3.05) is 0 Å². The van der Waals surface area contributed by atoms with E-state index < -0.39 is 97.6 Å². The second-order valence-electron chi connectivity index (χ2n) is 31.5. The molecular weight excluding hydrogens is 1650 g/mol. The third kappa shape index (κ3) is 17.4. The van der Waals surface area contributed by atoms with Crippen molar-refractivity contribution in [1.29, 1.82) is 0 Å². The Kier molecular flexibility index (Phi) is 23.9. The number of aliphatic imine (C=N–C) groups is 4. The summed E-state index contributed by atoms with van der Waals surface area (Å²) in [6.07, 6.45) is -1.64. The van der Waals surface area contributed by atoms with Crippen molar-refractivity contribution < 1.29 is 52.7 Å². The minimum absolute atomic E-state index is 0.0220. The van der Waals surface area contributed by atoms with Crippen LogP contribution in [0.15, 0.2) is 163 Å². The molecule has 16 rings (SSSR count). The normalized spacial score (nSPS) is 25.7. The first-order chi connectivity index (χ1) is 54.5. The maximum absolute atomic E-state index is 16.0. The van der Waals surface area contributed by atoms with Crippen molar-refractivity contribution in [3.8, 4) is 91.9 Å². The van der Waals surface area contributed by atoms with Gasteiger partial charge in [0, 0.05) is 103 Å². The molecule has 28 heteroatoms. The van der Waals surface area contributed by atoms with Crippen LogP contribution < -0.4 is 22.9 Å². The van der Waals surface area contributed by atoms with E-state index in [1.54, 1.807) is 54.0 Å². The Labute approximate surface area is 701 Å². The van der Waals surface area contributed by atoms with Crippen LogP contribution in [-0.2, 0) is 22.2 Å². The zero-order chi connectivity index (χ0) is 83.6. The van der Waals surface area contributed by atoms with E-state index in [1.165, 1.54) is 48.7 Å². The number of halogens is 12. The van der Waals surface area contributed by atoms with Crippen molar-refractivity contribution >= 4 is 113 Å². The first-order valence-corrected chi connectivity index (χ1v) is 44.2. The Hall–Kier alpha value is -7.64. The minimum atomic E-state index is -3.48. The van der Waals surface area contributed by atoms with E-state index in [9.17, 15) is 35.1 Å². The van der Waals surface area contributed by atoms with Crippen LogP contribution >= 0.6 is 92.4 Å². The van der Waals surface area contributed by atoms with E-state index in [4.69, 9.17) is 27.9 Å². The molecular formula is C88H84F12N8S8. The quantitative estimate of drug-likeness (QED) is 0.0866. The van der Waals surface area contributed by atoms with Gasteiger partial charge in [-0.15, -0.1) is 69.0 Å². The number of hydrogen-bond donors (Lipinski definition) is 4. The summed E-state index contributed by atoms with van der Waals surface area (Å²) in [5.41, 5.74) is 30.4. The van der Waals surface area contributed by atoms with Gasteiger partial charge in [0.1, 0.15) is 4.75 Å². The molecule has 4 saturated carbocycles. The molecule has 4 fully saturated rings. The molecule has 0 bridgehead atoms. The minimum Gasteiger partial charge on any atom is -0.378 e. The van der Waals surface area contributed by atoms with Gasteiger partial charge in [-0.2, -0.15) is 0 Å². The van der Waals surface area contributed by atoms with Gasteiger partial charge in [-0.1, -0.05) is 119 Å². The summed E-state index contributed by atoms with van der Waals surface area (Å²) in [5, 5.41) is 8.67. The summed E-state index contributed by atoms with van der Waals surface area (Å²) in [6, 6.07) is 38.9. The van der Waals surface area contributed by atoms with Crippen LogP contribution in [0.3, 0.4) is 0 Å². The van der Waals surface area contributed by atoms with E-state index in [2.05, 4.69) is 116 Å². The topological polar surface area (TPSA) is 154 Å². The molecule has 8 N–H and O–H groups in total. The van der Waals surface area contributed by atoms with Crippen molar-refractivity contribution in [3.05, 3.63) is 185 Å². The van der Waals surface area contributed by atoms with Crippen molar-refractivity contribution in [3.63, 3.8) is 0 Å². The monoisotopic (exact) mass is 1740 g/mol. The van der Waals surface area contributed by atoms with Gasteiger partial charge in [-0.25, -0.2) is 62.7 Å².